The van der Waals surface area contributed by atoms with Crippen molar-refractivity contribution in [2.24, 2.45) is 0 Å². The smallest absolute Gasteiger partial charge is 0.290 e. The van der Waals surface area contributed by atoms with Gasteiger partial charge < -0.3 is 19.1 Å². The third-order valence-corrected chi connectivity index (χ3v) is 3.53. The van der Waals surface area contributed by atoms with E-state index in [1.54, 1.807) is 0 Å². The molecule has 0 saturated heterocycles. The number of benzene rings is 1. The van der Waals surface area contributed by atoms with Gasteiger partial charge in [-0.2, -0.15) is 0 Å². The molecule has 0 spiro atoms. The van der Waals surface area contributed by atoms with Crippen LogP contribution in [-0.2, 0) is 6.61 Å². The summed E-state index contributed by atoms with van der Waals surface area (Å²) in [5, 5.41) is 10.6. The maximum Gasteiger partial charge on any atom is 0.290 e. The Morgan fingerprint density at radius 1 is 1.20 bits per heavy atom. The van der Waals surface area contributed by atoms with Crippen molar-refractivity contribution >= 4 is 5.91 Å². The summed E-state index contributed by atoms with van der Waals surface area (Å²) in [7, 11) is 0. The van der Waals surface area contributed by atoms with Gasteiger partial charge in [0.1, 0.15) is 18.1 Å². The molecule has 7 nitrogen and oxygen atoms in total. The summed E-state index contributed by atoms with van der Waals surface area (Å²) in [5.41, 5.74) is 2.48. The Hall–Kier alpha value is -3.09. The van der Waals surface area contributed by atoms with Gasteiger partial charge in [-0.05, 0) is 25.9 Å². The van der Waals surface area contributed by atoms with Crippen LogP contribution in [0.3, 0.4) is 0 Å². The molecule has 25 heavy (non-hydrogen) atoms. The lowest BCUT2D eigenvalue weighted by Gasteiger charge is -2.04. The van der Waals surface area contributed by atoms with Gasteiger partial charge in [0.2, 0.25) is 5.76 Å². The van der Waals surface area contributed by atoms with Crippen molar-refractivity contribution < 1.29 is 18.6 Å². The van der Waals surface area contributed by atoms with Gasteiger partial charge in [0.25, 0.3) is 11.8 Å². The largest absolute Gasteiger partial charge is 0.470 e. The number of rotatable bonds is 6. The maximum absolute atomic E-state index is 11.9. The van der Waals surface area contributed by atoms with E-state index in [0.29, 0.717) is 5.76 Å². The first-order valence-corrected chi connectivity index (χ1v) is 7.95. The van der Waals surface area contributed by atoms with E-state index in [2.05, 4.69) is 15.6 Å². The molecule has 1 N–H and O–H groups in total. The third-order valence-electron chi connectivity index (χ3n) is 3.53. The van der Waals surface area contributed by atoms with Crippen LogP contribution in [0.15, 0.2) is 45.4 Å². The first kappa shape index (κ1) is 16.8. The first-order chi connectivity index (χ1) is 12.0. The zero-order chi connectivity index (χ0) is 17.8. The average molecular weight is 341 g/mol. The molecular weight excluding hydrogens is 322 g/mol. The fourth-order valence-electron chi connectivity index (χ4n) is 2.30. The van der Waals surface area contributed by atoms with E-state index in [9.17, 15) is 4.79 Å². The minimum absolute atomic E-state index is 0.00931. The van der Waals surface area contributed by atoms with Gasteiger partial charge in [0.15, 0.2) is 0 Å². The molecule has 3 aromatic rings. The van der Waals surface area contributed by atoms with Crippen LogP contribution in [0.5, 0.6) is 5.88 Å². The second-order valence-electron chi connectivity index (χ2n) is 5.88. The summed E-state index contributed by atoms with van der Waals surface area (Å²) in [5.74, 6) is 0.672. The Morgan fingerprint density at radius 3 is 2.68 bits per heavy atom. The third kappa shape index (κ3) is 3.88. The number of hydrogen-bond donors (Lipinski definition) is 1. The summed E-state index contributed by atoms with van der Waals surface area (Å²) < 4.78 is 15.9. The highest BCUT2D eigenvalue weighted by Crippen LogP contribution is 2.26. The lowest BCUT2D eigenvalue weighted by atomic mass is 10.1. The number of nitrogens with zero attached hydrogens (tertiary/aromatic N) is 2. The average Bonchev–Trinajstić information content (AvgIpc) is 3.20. The maximum atomic E-state index is 11.9. The molecule has 0 aliphatic carbocycles. The monoisotopic (exact) mass is 341 g/mol. The highest BCUT2D eigenvalue weighted by molar-refractivity contribution is 5.91. The van der Waals surface area contributed by atoms with Gasteiger partial charge in [-0.3, -0.25) is 4.79 Å². The molecule has 130 valence electrons. The zero-order valence-corrected chi connectivity index (χ0v) is 14.3. The molecule has 1 amide bonds. The summed E-state index contributed by atoms with van der Waals surface area (Å²) >= 11 is 0. The summed E-state index contributed by atoms with van der Waals surface area (Å²) in [6.45, 7) is 5.76. The number of ether oxygens (including phenoxy) is 1. The fourth-order valence-corrected chi connectivity index (χ4v) is 2.30. The Kier molecular flexibility index (Phi) is 4.83. The highest BCUT2D eigenvalue weighted by Gasteiger charge is 2.18. The quantitative estimate of drug-likeness (QED) is 0.739. The Morgan fingerprint density at radius 2 is 1.96 bits per heavy atom. The SMILES string of the molecule is Cc1onc(-c2ccccc2)c1COc1cc(C(=O)NC(C)C)on1. The molecule has 2 aromatic heterocycles. The lowest BCUT2D eigenvalue weighted by molar-refractivity contribution is 0.0905. The molecule has 0 aliphatic heterocycles. The predicted octanol–water partition coefficient (Wildman–Crippen LogP) is 3.36. The van der Waals surface area contributed by atoms with Crippen LogP contribution in [-0.4, -0.2) is 22.3 Å². The second-order valence-corrected chi connectivity index (χ2v) is 5.88. The second kappa shape index (κ2) is 7.21. The number of amides is 1. The summed E-state index contributed by atoms with van der Waals surface area (Å²) in [6.07, 6.45) is 0. The van der Waals surface area contributed by atoms with Gasteiger partial charge in [-0.25, -0.2) is 0 Å². The van der Waals surface area contributed by atoms with Crippen molar-refractivity contribution in [2.45, 2.75) is 33.4 Å². The van der Waals surface area contributed by atoms with E-state index in [-0.39, 0.29) is 30.2 Å². The Balaban J connectivity index is 1.72. The van der Waals surface area contributed by atoms with E-state index in [1.807, 2.05) is 51.1 Å². The van der Waals surface area contributed by atoms with Gasteiger partial charge in [0, 0.05) is 11.6 Å². The van der Waals surface area contributed by atoms with E-state index in [1.165, 1.54) is 6.07 Å². The molecular formula is C18H19N3O4. The molecule has 0 aliphatic rings. The Labute approximate surface area is 144 Å². The molecule has 3 rings (SSSR count). The van der Waals surface area contributed by atoms with Crippen molar-refractivity contribution in [2.75, 3.05) is 0 Å². The normalized spacial score (nSPS) is 10.9. The Bertz CT molecular complexity index is 852. The van der Waals surface area contributed by atoms with Crippen LogP contribution in [0.1, 0.15) is 35.7 Å². The zero-order valence-electron chi connectivity index (χ0n) is 14.3. The summed E-state index contributed by atoms with van der Waals surface area (Å²) in [4.78, 5) is 11.9. The molecule has 0 radical (unpaired) electrons. The molecule has 1 aromatic carbocycles. The van der Waals surface area contributed by atoms with Crippen LogP contribution in [0.25, 0.3) is 11.3 Å². The number of carbonyl (C=O) groups is 1. The van der Waals surface area contributed by atoms with Crippen molar-refractivity contribution in [1.29, 1.82) is 0 Å². The predicted molar refractivity (Wildman–Crippen MR) is 90.1 cm³/mol. The molecule has 0 unspecified atom stereocenters. The van der Waals surface area contributed by atoms with Crippen molar-refractivity contribution in [3.63, 3.8) is 0 Å². The van der Waals surface area contributed by atoms with Gasteiger partial charge in [-0.15, -0.1) is 0 Å². The van der Waals surface area contributed by atoms with Crippen molar-refractivity contribution in [1.82, 2.24) is 15.6 Å². The van der Waals surface area contributed by atoms with E-state index in [0.717, 1.165) is 16.8 Å². The minimum Gasteiger partial charge on any atom is -0.470 e. The fraction of sp³-hybridized carbons (Fsp3) is 0.278. The molecule has 0 bridgehead atoms. The first-order valence-electron chi connectivity index (χ1n) is 7.95. The van der Waals surface area contributed by atoms with Crippen LogP contribution >= 0.6 is 0 Å². The standard InChI is InChI=1S/C18H19N3O4/c1-11(2)19-18(22)15-9-16(20-25-15)23-10-14-12(3)24-21-17(14)13-7-5-4-6-8-13/h4-9,11H,10H2,1-3H3,(H,19,22). The van der Waals surface area contributed by atoms with E-state index >= 15 is 0 Å². The van der Waals surface area contributed by atoms with E-state index < -0.39 is 0 Å². The number of aromatic nitrogens is 2. The highest BCUT2D eigenvalue weighted by atomic mass is 16.5. The number of hydrogen-bond acceptors (Lipinski definition) is 6. The number of nitrogens with one attached hydrogen (secondary N) is 1. The van der Waals surface area contributed by atoms with Gasteiger partial charge in [0.05, 0.1) is 11.6 Å². The minimum atomic E-state index is -0.330. The van der Waals surface area contributed by atoms with Crippen LogP contribution < -0.4 is 10.1 Å². The number of aryl methyl sites for hydroxylation is 1. The molecule has 0 fully saturated rings. The molecule has 0 atom stereocenters. The van der Waals surface area contributed by atoms with Crippen LogP contribution in [0.2, 0.25) is 0 Å². The van der Waals surface area contributed by atoms with Crippen LogP contribution in [0.4, 0.5) is 0 Å². The van der Waals surface area contributed by atoms with E-state index in [4.69, 9.17) is 13.8 Å². The number of carbonyl (C=O) groups excluding carboxylic acids is 1. The van der Waals surface area contributed by atoms with Crippen LogP contribution in [0, 0.1) is 6.92 Å². The topological polar surface area (TPSA) is 90.4 Å². The molecule has 0 saturated carbocycles. The van der Waals surface area contributed by atoms with Gasteiger partial charge in [-0.1, -0.05) is 35.5 Å². The van der Waals surface area contributed by atoms with Gasteiger partial charge >= 0.3 is 0 Å². The molecule has 2 heterocycles. The van der Waals surface area contributed by atoms with Crippen molar-refractivity contribution in [3.8, 4) is 17.1 Å². The van der Waals surface area contributed by atoms with Crippen molar-refractivity contribution in [3.05, 3.63) is 53.5 Å². The molecule has 7 heteroatoms. The lowest BCUT2D eigenvalue weighted by Crippen LogP contribution is -2.29. The summed E-state index contributed by atoms with van der Waals surface area (Å²) in [6, 6.07) is 11.2.